The number of hydrogen-bond donors (Lipinski definition) is 1. The summed E-state index contributed by atoms with van der Waals surface area (Å²) in [6, 6.07) is 24.1. The minimum absolute atomic E-state index is 0.0150. The zero-order valence-electron chi connectivity index (χ0n) is 21.6. The lowest BCUT2D eigenvalue weighted by Gasteiger charge is -2.11. The molecule has 0 fully saturated rings. The van der Waals surface area contributed by atoms with Crippen LogP contribution in [0.2, 0.25) is 5.02 Å². The quantitative estimate of drug-likeness (QED) is 0.184. The van der Waals surface area contributed by atoms with Crippen LogP contribution in [0.25, 0.3) is 11.0 Å². The van der Waals surface area contributed by atoms with Gasteiger partial charge in [0.15, 0.2) is 0 Å². The molecule has 0 aliphatic rings. The van der Waals surface area contributed by atoms with Crippen molar-refractivity contribution in [2.75, 3.05) is 13.2 Å². The van der Waals surface area contributed by atoms with Crippen molar-refractivity contribution in [1.29, 1.82) is 0 Å². The highest BCUT2D eigenvalue weighted by atomic mass is 35.5. The van der Waals surface area contributed by atoms with E-state index in [-0.39, 0.29) is 5.91 Å². The maximum absolute atomic E-state index is 12.2. The number of aryl methyl sites for hydroxylation is 3. The molecule has 0 radical (unpaired) electrons. The number of ether oxygens (including phenoxy) is 1. The molecule has 1 N–H and O–H groups in total. The highest BCUT2D eigenvalue weighted by Gasteiger charge is 2.10. The van der Waals surface area contributed by atoms with E-state index in [0.29, 0.717) is 24.6 Å². The number of carbonyl (C=O) groups is 1. The van der Waals surface area contributed by atoms with Gasteiger partial charge in [-0.05, 0) is 68.5 Å². The van der Waals surface area contributed by atoms with Gasteiger partial charge in [0.2, 0.25) is 5.91 Å². The van der Waals surface area contributed by atoms with Gasteiger partial charge in [0.05, 0.1) is 24.1 Å². The van der Waals surface area contributed by atoms with Gasteiger partial charge in [-0.3, -0.25) is 4.79 Å². The number of nitrogens with zero attached hydrogens (tertiary/aromatic N) is 2. The molecule has 0 unspecified atom stereocenters. The van der Waals surface area contributed by atoms with E-state index >= 15 is 0 Å². The second kappa shape index (κ2) is 13.8. The number of amides is 1. The number of fused-ring (bicyclic) bond motifs is 1. The monoisotopic (exact) mass is 517 g/mol. The van der Waals surface area contributed by atoms with E-state index in [0.717, 1.165) is 67.7 Å². The second-order valence-electron chi connectivity index (χ2n) is 9.47. The van der Waals surface area contributed by atoms with E-state index in [1.54, 1.807) is 0 Å². The van der Waals surface area contributed by atoms with Crippen LogP contribution >= 0.6 is 11.6 Å². The Kier molecular flexibility index (Phi) is 10.0. The molecule has 0 saturated carbocycles. The van der Waals surface area contributed by atoms with Crippen molar-refractivity contribution in [2.45, 2.75) is 58.4 Å². The van der Waals surface area contributed by atoms with Crippen molar-refractivity contribution in [2.24, 2.45) is 0 Å². The molecule has 1 aromatic heterocycles. The average Bonchev–Trinajstić information content (AvgIpc) is 3.25. The third-order valence-electron chi connectivity index (χ3n) is 6.51. The number of para-hydroxylation sites is 2. The first kappa shape index (κ1) is 26.7. The largest absolute Gasteiger partial charge is 0.494 e. The average molecular weight is 518 g/mol. The van der Waals surface area contributed by atoms with E-state index in [4.69, 9.17) is 21.3 Å². The predicted molar refractivity (Wildman–Crippen MR) is 151 cm³/mol. The molecule has 0 spiro atoms. The summed E-state index contributed by atoms with van der Waals surface area (Å²) in [4.78, 5) is 17.1. The number of nitrogens with one attached hydrogen (secondary N) is 1. The first-order valence-electron chi connectivity index (χ1n) is 13.2. The Balaban J connectivity index is 1.19. The van der Waals surface area contributed by atoms with Crippen LogP contribution in [-0.2, 0) is 24.2 Å². The zero-order chi connectivity index (χ0) is 25.9. The minimum Gasteiger partial charge on any atom is -0.494 e. The molecule has 6 heteroatoms. The number of carbonyl (C=O) groups excluding carboxylic acids is 1. The van der Waals surface area contributed by atoms with Crippen molar-refractivity contribution < 1.29 is 9.53 Å². The van der Waals surface area contributed by atoms with Gasteiger partial charge < -0.3 is 14.6 Å². The molecule has 0 atom stereocenters. The normalized spacial score (nSPS) is 11.1. The van der Waals surface area contributed by atoms with Gasteiger partial charge in [-0.1, -0.05) is 66.0 Å². The third-order valence-corrected chi connectivity index (χ3v) is 6.88. The standard InChI is InChI=1S/C31H36ClN3O2/c1-24-16-18-26(19-17-24)37-22-10-9-21-35-29-14-7-6-13-28(29)34-30(35)15-3-2-8-20-33-31(36)23-25-11-4-5-12-27(25)32/h4-7,11-14,16-19H,2-3,8-10,15,20-23H2,1H3,(H,33,36). The van der Waals surface area contributed by atoms with E-state index in [2.05, 4.69) is 47.1 Å². The summed E-state index contributed by atoms with van der Waals surface area (Å²) in [7, 11) is 0. The lowest BCUT2D eigenvalue weighted by Crippen LogP contribution is -2.26. The van der Waals surface area contributed by atoms with E-state index in [9.17, 15) is 4.79 Å². The number of rotatable bonds is 14. The fourth-order valence-electron chi connectivity index (χ4n) is 4.45. The summed E-state index contributed by atoms with van der Waals surface area (Å²) >= 11 is 6.15. The van der Waals surface area contributed by atoms with Crippen LogP contribution in [-0.4, -0.2) is 28.6 Å². The lowest BCUT2D eigenvalue weighted by atomic mass is 10.1. The number of imidazole rings is 1. The zero-order valence-corrected chi connectivity index (χ0v) is 22.3. The third kappa shape index (κ3) is 8.09. The highest BCUT2D eigenvalue weighted by molar-refractivity contribution is 6.31. The van der Waals surface area contributed by atoms with E-state index in [1.807, 2.05) is 42.5 Å². The van der Waals surface area contributed by atoms with Crippen LogP contribution in [0.5, 0.6) is 5.75 Å². The molecule has 0 aliphatic carbocycles. The van der Waals surface area contributed by atoms with Crippen LogP contribution in [0.4, 0.5) is 0 Å². The molecule has 3 aromatic carbocycles. The second-order valence-corrected chi connectivity index (χ2v) is 9.87. The molecule has 194 valence electrons. The molecule has 37 heavy (non-hydrogen) atoms. The minimum atomic E-state index is 0.0150. The van der Waals surface area contributed by atoms with Crippen molar-refractivity contribution in [3.8, 4) is 5.75 Å². The molecule has 0 aliphatic heterocycles. The fraction of sp³-hybridized carbons (Fsp3) is 0.355. The fourth-order valence-corrected chi connectivity index (χ4v) is 4.65. The van der Waals surface area contributed by atoms with Crippen LogP contribution < -0.4 is 10.1 Å². The van der Waals surface area contributed by atoms with Gasteiger partial charge in [-0.15, -0.1) is 0 Å². The number of halogens is 1. The van der Waals surface area contributed by atoms with E-state index in [1.165, 1.54) is 11.1 Å². The SMILES string of the molecule is Cc1ccc(OCCCCn2c(CCCCCNC(=O)Cc3ccccc3Cl)nc3ccccc32)cc1. The van der Waals surface area contributed by atoms with Gasteiger partial charge in [0, 0.05) is 24.5 Å². The van der Waals surface area contributed by atoms with Gasteiger partial charge in [0.25, 0.3) is 0 Å². The van der Waals surface area contributed by atoms with Crippen molar-refractivity contribution in [1.82, 2.24) is 14.9 Å². The molecular weight excluding hydrogens is 482 g/mol. The maximum Gasteiger partial charge on any atom is 0.224 e. The number of aromatic nitrogens is 2. The summed E-state index contributed by atoms with van der Waals surface area (Å²) in [5.41, 5.74) is 4.36. The first-order valence-corrected chi connectivity index (χ1v) is 13.6. The summed E-state index contributed by atoms with van der Waals surface area (Å²) in [5, 5.41) is 3.65. The van der Waals surface area contributed by atoms with Gasteiger partial charge in [-0.2, -0.15) is 0 Å². The van der Waals surface area contributed by atoms with Gasteiger partial charge in [0.1, 0.15) is 11.6 Å². The molecule has 4 aromatic rings. The predicted octanol–water partition coefficient (Wildman–Crippen LogP) is 6.93. The molecule has 1 amide bonds. The smallest absolute Gasteiger partial charge is 0.224 e. The molecule has 0 bridgehead atoms. The Hall–Kier alpha value is -3.31. The van der Waals surface area contributed by atoms with Gasteiger partial charge >= 0.3 is 0 Å². The Bertz CT molecular complexity index is 1280. The van der Waals surface area contributed by atoms with Crippen molar-refractivity contribution >= 4 is 28.5 Å². The summed E-state index contributed by atoms with van der Waals surface area (Å²) in [5.74, 6) is 2.09. The first-order chi connectivity index (χ1) is 18.1. The summed E-state index contributed by atoms with van der Waals surface area (Å²) in [6.07, 6.45) is 6.32. The van der Waals surface area contributed by atoms with Crippen LogP contribution in [0.3, 0.4) is 0 Å². The molecule has 0 saturated heterocycles. The Morgan fingerprint density at radius 3 is 2.54 bits per heavy atom. The molecule has 5 nitrogen and oxygen atoms in total. The Labute approximate surface area is 224 Å². The Morgan fingerprint density at radius 2 is 1.70 bits per heavy atom. The summed E-state index contributed by atoms with van der Waals surface area (Å²) < 4.78 is 8.26. The number of hydrogen-bond acceptors (Lipinski definition) is 3. The van der Waals surface area contributed by atoms with Crippen LogP contribution in [0.1, 0.15) is 49.1 Å². The number of unbranched alkanes of at least 4 members (excludes halogenated alkanes) is 3. The lowest BCUT2D eigenvalue weighted by molar-refractivity contribution is -0.120. The van der Waals surface area contributed by atoms with Crippen LogP contribution in [0, 0.1) is 6.92 Å². The Morgan fingerprint density at radius 1 is 0.919 bits per heavy atom. The maximum atomic E-state index is 12.2. The van der Waals surface area contributed by atoms with Gasteiger partial charge in [-0.25, -0.2) is 4.98 Å². The molecule has 4 rings (SSSR count). The van der Waals surface area contributed by atoms with Crippen molar-refractivity contribution in [3.05, 3.63) is 94.8 Å². The molecule has 1 heterocycles. The molecular formula is C31H36ClN3O2. The topological polar surface area (TPSA) is 56.1 Å². The summed E-state index contributed by atoms with van der Waals surface area (Å²) in [6.45, 7) is 4.41. The van der Waals surface area contributed by atoms with E-state index < -0.39 is 0 Å². The number of benzene rings is 3. The highest BCUT2D eigenvalue weighted by Crippen LogP contribution is 2.19. The van der Waals surface area contributed by atoms with Crippen molar-refractivity contribution in [3.63, 3.8) is 0 Å². The van der Waals surface area contributed by atoms with Crippen LogP contribution in [0.15, 0.2) is 72.8 Å².